The molecular formula is C20H17BrN4O2S. The van der Waals surface area contributed by atoms with E-state index in [1.807, 2.05) is 67.1 Å². The lowest BCUT2D eigenvalue weighted by molar-refractivity contribution is -0.113. The van der Waals surface area contributed by atoms with Gasteiger partial charge in [0.15, 0.2) is 16.7 Å². The van der Waals surface area contributed by atoms with Gasteiger partial charge >= 0.3 is 0 Å². The molecular weight excluding hydrogens is 440 g/mol. The normalized spacial score (nSPS) is 11.1. The van der Waals surface area contributed by atoms with Crippen molar-refractivity contribution in [3.8, 4) is 11.6 Å². The van der Waals surface area contributed by atoms with Crippen LogP contribution >= 0.6 is 27.7 Å². The van der Waals surface area contributed by atoms with E-state index in [1.54, 1.807) is 0 Å². The van der Waals surface area contributed by atoms with Crippen molar-refractivity contribution in [2.75, 3.05) is 11.1 Å². The molecule has 0 aliphatic heterocycles. The summed E-state index contributed by atoms with van der Waals surface area (Å²) in [6.07, 6.45) is 0. The van der Waals surface area contributed by atoms with Crippen LogP contribution in [-0.4, -0.2) is 26.4 Å². The number of halogens is 1. The van der Waals surface area contributed by atoms with Gasteiger partial charge in [0.1, 0.15) is 5.58 Å². The Morgan fingerprint density at radius 1 is 1.21 bits per heavy atom. The van der Waals surface area contributed by atoms with Crippen LogP contribution < -0.4 is 5.32 Å². The van der Waals surface area contributed by atoms with Crippen molar-refractivity contribution in [1.29, 1.82) is 0 Å². The third kappa shape index (κ3) is 3.98. The molecule has 0 saturated carbocycles. The number of amides is 1. The monoisotopic (exact) mass is 456 g/mol. The Bertz CT molecular complexity index is 1170. The van der Waals surface area contributed by atoms with Crippen molar-refractivity contribution in [1.82, 2.24) is 14.8 Å². The third-order valence-corrected chi connectivity index (χ3v) is 5.68. The number of carbonyl (C=O) groups excluding carboxylic acids is 1. The van der Waals surface area contributed by atoms with Crippen molar-refractivity contribution in [2.45, 2.75) is 12.1 Å². The number of anilines is 1. The average Bonchev–Trinajstić information content (AvgIpc) is 3.22. The molecule has 0 saturated heterocycles. The highest BCUT2D eigenvalue weighted by molar-refractivity contribution is 9.10. The summed E-state index contributed by atoms with van der Waals surface area (Å²) in [6.45, 7) is 1.99. The maximum absolute atomic E-state index is 12.2. The lowest BCUT2D eigenvalue weighted by atomic mass is 10.2. The molecule has 2 aromatic carbocycles. The second-order valence-electron chi connectivity index (χ2n) is 6.36. The highest BCUT2D eigenvalue weighted by atomic mass is 79.9. The van der Waals surface area contributed by atoms with E-state index >= 15 is 0 Å². The number of hydrogen-bond donors (Lipinski definition) is 1. The van der Waals surface area contributed by atoms with Crippen LogP contribution in [0.4, 0.5) is 5.69 Å². The molecule has 8 heteroatoms. The van der Waals surface area contributed by atoms with Crippen molar-refractivity contribution < 1.29 is 9.21 Å². The van der Waals surface area contributed by atoms with Gasteiger partial charge in [-0.05, 0) is 48.9 Å². The summed E-state index contributed by atoms with van der Waals surface area (Å²) in [7, 11) is 1.86. The second-order valence-corrected chi connectivity index (χ2v) is 8.22. The first-order valence-corrected chi connectivity index (χ1v) is 10.4. The molecule has 4 rings (SSSR count). The Morgan fingerprint density at radius 2 is 2.07 bits per heavy atom. The first-order chi connectivity index (χ1) is 13.5. The van der Waals surface area contributed by atoms with E-state index in [0.29, 0.717) is 16.7 Å². The Labute approximate surface area is 174 Å². The summed E-state index contributed by atoms with van der Waals surface area (Å²) in [5.41, 5.74) is 2.67. The van der Waals surface area contributed by atoms with Gasteiger partial charge in [-0.3, -0.25) is 4.79 Å². The number of carbonyl (C=O) groups is 1. The lowest BCUT2D eigenvalue weighted by Gasteiger charge is -2.06. The SMILES string of the molecule is Cc1cccc(NC(=O)CSc2nnc(-c3cc4cc(Br)ccc4o3)n2C)c1. The molecule has 0 atom stereocenters. The maximum atomic E-state index is 12.2. The standard InChI is InChI=1S/C20H17BrN4O2S/c1-12-4-3-5-15(8-12)22-18(26)11-28-20-24-23-19(25(20)2)17-10-13-9-14(21)6-7-16(13)27-17/h3-10H,11H2,1-2H3,(H,22,26). The number of nitrogens with one attached hydrogen (secondary N) is 1. The molecule has 0 aliphatic rings. The summed E-state index contributed by atoms with van der Waals surface area (Å²) in [4.78, 5) is 12.2. The molecule has 28 heavy (non-hydrogen) atoms. The number of aromatic nitrogens is 3. The molecule has 0 bridgehead atoms. The van der Waals surface area contributed by atoms with Crippen LogP contribution in [0, 0.1) is 6.92 Å². The van der Waals surface area contributed by atoms with Crippen molar-refractivity contribution in [3.63, 3.8) is 0 Å². The van der Waals surface area contributed by atoms with E-state index in [2.05, 4.69) is 31.4 Å². The van der Waals surface area contributed by atoms with Crippen LogP contribution in [0.5, 0.6) is 0 Å². The molecule has 2 heterocycles. The number of aryl methyl sites for hydroxylation is 1. The average molecular weight is 457 g/mol. The van der Waals surface area contributed by atoms with Crippen LogP contribution in [0.3, 0.4) is 0 Å². The van der Waals surface area contributed by atoms with Gasteiger partial charge in [-0.2, -0.15) is 0 Å². The van der Waals surface area contributed by atoms with E-state index in [4.69, 9.17) is 4.42 Å². The quantitative estimate of drug-likeness (QED) is 0.426. The number of nitrogens with zero attached hydrogens (tertiary/aromatic N) is 3. The summed E-state index contributed by atoms with van der Waals surface area (Å²) in [5, 5.41) is 13.0. The molecule has 6 nitrogen and oxygen atoms in total. The van der Waals surface area contributed by atoms with Crippen LogP contribution in [-0.2, 0) is 11.8 Å². The topological polar surface area (TPSA) is 73.0 Å². The van der Waals surface area contributed by atoms with Crippen molar-refractivity contribution in [3.05, 3.63) is 58.6 Å². The molecule has 2 aromatic heterocycles. The number of thioether (sulfide) groups is 1. The van der Waals surface area contributed by atoms with Crippen molar-refractivity contribution in [2.24, 2.45) is 7.05 Å². The Morgan fingerprint density at radius 3 is 2.89 bits per heavy atom. The van der Waals surface area contributed by atoms with E-state index in [9.17, 15) is 4.79 Å². The molecule has 0 fully saturated rings. The molecule has 0 unspecified atom stereocenters. The third-order valence-electron chi connectivity index (χ3n) is 4.17. The largest absolute Gasteiger partial charge is 0.453 e. The highest BCUT2D eigenvalue weighted by Gasteiger charge is 2.16. The minimum absolute atomic E-state index is 0.0891. The summed E-state index contributed by atoms with van der Waals surface area (Å²) >= 11 is 4.79. The number of rotatable bonds is 5. The smallest absolute Gasteiger partial charge is 0.234 e. The molecule has 4 aromatic rings. The maximum Gasteiger partial charge on any atom is 0.234 e. The van der Waals surface area contributed by atoms with E-state index in [-0.39, 0.29) is 11.7 Å². The number of fused-ring (bicyclic) bond motifs is 1. The highest BCUT2D eigenvalue weighted by Crippen LogP contribution is 2.30. The van der Waals surface area contributed by atoms with Gasteiger partial charge in [-0.15, -0.1) is 10.2 Å². The molecule has 1 N–H and O–H groups in total. The van der Waals surface area contributed by atoms with Gasteiger partial charge in [-0.1, -0.05) is 39.8 Å². The van der Waals surface area contributed by atoms with Crippen LogP contribution in [0.25, 0.3) is 22.6 Å². The summed E-state index contributed by atoms with van der Waals surface area (Å²) in [5.74, 6) is 1.41. The van der Waals surface area contributed by atoms with E-state index in [1.165, 1.54) is 11.8 Å². The Kier molecular flexibility index (Phi) is 5.23. The molecule has 0 aliphatic carbocycles. The molecule has 0 spiro atoms. The van der Waals surface area contributed by atoms with Gasteiger partial charge in [-0.25, -0.2) is 0 Å². The fraction of sp³-hybridized carbons (Fsp3) is 0.150. The van der Waals surface area contributed by atoms with Gasteiger partial charge in [0.25, 0.3) is 0 Å². The van der Waals surface area contributed by atoms with Crippen LogP contribution in [0.15, 0.2) is 62.6 Å². The number of hydrogen-bond acceptors (Lipinski definition) is 5. The molecule has 142 valence electrons. The molecule has 0 radical (unpaired) electrons. The van der Waals surface area contributed by atoms with Gasteiger partial charge in [0.05, 0.1) is 5.75 Å². The van der Waals surface area contributed by atoms with E-state index < -0.39 is 0 Å². The number of furan rings is 1. The lowest BCUT2D eigenvalue weighted by Crippen LogP contribution is -2.14. The van der Waals surface area contributed by atoms with Crippen LogP contribution in [0.1, 0.15) is 5.56 Å². The van der Waals surface area contributed by atoms with E-state index in [0.717, 1.165) is 26.7 Å². The zero-order chi connectivity index (χ0) is 19.7. The second kappa shape index (κ2) is 7.81. The summed E-state index contributed by atoms with van der Waals surface area (Å²) in [6, 6.07) is 15.5. The predicted molar refractivity (Wildman–Crippen MR) is 114 cm³/mol. The predicted octanol–water partition coefficient (Wildman–Crippen LogP) is 5.03. The Hall–Kier alpha value is -2.58. The van der Waals surface area contributed by atoms with Crippen molar-refractivity contribution >= 4 is 50.3 Å². The zero-order valence-electron chi connectivity index (χ0n) is 15.3. The zero-order valence-corrected chi connectivity index (χ0v) is 17.7. The fourth-order valence-electron chi connectivity index (χ4n) is 2.83. The van der Waals surface area contributed by atoms with Gasteiger partial charge in [0.2, 0.25) is 5.91 Å². The minimum Gasteiger partial charge on any atom is -0.453 e. The van der Waals surface area contributed by atoms with Crippen LogP contribution in [0.2, 0.25) is 0 Å². The van der Waals surface area contributed by atoms with Gasteiger partial charge < -0.3 is 14.3 Å². The molecule has 1 amide bonds. The first-order valence-electron chi connectivity index (χ1n) is 8.58. The summed E-state index contributed by atoms with van der Waals surface area (Å²) < 4.78 is 8.70. The fourth-order valence-corrected chi connectivity index (χ4v) is 3.92. The van der Waals surface area contributed by atoms with Gasteiger partial charge in [0, 0.05) is 22.6 Å². The minimum atomic E-state index is -0.0891. The first kappa shape index (κ1) is 18.8. The Balaban J connectivity index is 1.46. The number of benzene rings is 2.